The summed E-state index contributed by atoms with van der Waals surface area (Å²) in [6, 6.07) is 25.7. The normalized spacial score (nSPS) is 13.3. The Morgan fingerprint density at radius 1 is 0.824 bits per heavy atom. The van der Waals surface area contributed by atoms with Gasteiger partial charge < -0.3 is 4.42 Å². The van der Waals surface area contributed by atoms with E-state index >= 15 is 0 Å². The fourth-order valence-corrected chi connectivity index (χ4v) is 5.10. The molecular formula is C32H29NO. The van der Waals surface area contributed by atoms with E-state index < -0.39 is 5.89 Å². The lowest BCUT2D eigenvalue weighted by Crippen LogP contribution is -2.11. The van der Waals surface area contributed by atoms with E-state index in [4.69, 9.17) is 5.79 Å². The smallest absolute Gasteiger partial charge is 0.145 e. The van der Waals surface area contributed by atoms with Gasteiger partial charge in [-0.05, 0) is 74.3 Å². The van der Waals surface area contributed by atoms with Gasteiger partial charge in [-0.15, -0.1) is 0 Å². The number of hydrogen-bond acceptors (Lipinski definition) is 2. The number of pyridine rings is 1. The number of furan rings is 1. The highest BCUT2D eigenvalue weighted by Gasteiger charge is 2.24. The zero-order valence-corrected chi connectivity index (χ0v) is 20.4. The lowest BCUT2D eigenvalue weighted by molar-refractivity contribution is 0.595. The lowest BCUT2D eigenvalue weighted by atomic mass is 9.83. The van der Waals surface area contributed by atoms with Crippen molar-refractivity contribution in [1.82, 2.24) is 4.98 Å². The van der Waals surface area contributed by atoms with Crippen LogP contribution in [-0.4, -0.2) is 4.98 Å². The van der Waals surface area contributed by atoms with E-state index in [-0.39, 0.29) is 5.41 Å². The maximum absolute atomic E-state index is 8.50. The molecule has 2 heterocycles. The summed E-state index contributed by atoms with van der Waals surface area (Å²) in [5.41, 5.74) is 5.69. The quantitative estimate of drug-likeness (QED) is 0.249. The molecule has 0 N–H and O–H groups in total. The summed E-state index contributed by atoms with van der Waals surface area (Å²) in [5, 5.41) is 7.15. The Morgan fingerprint density at radius 3 is 2.41 bits per heavy atom. The molecule has 0 aliphatic carbocycles. The third-order valence-corrected chi connectivity index (χ3v) is 6.91. The van der Waals surface area contributed by atoms with Crippen LogP contribution >= 0.6 is 0 Å². The maximum Gasteiger partial charge on any atom is 0.145 e. The van der Waals surface area contributed by atoms with Gasteiger partial charge in [0.1, 0.15) is 11.2 Å². The number of hydrogen-bond donors (Lipinski definition) is 0. The van der Waals surface area contributed by atoms with E-state index in [0.717, 1.165) is 38.8 Å². The van der Waals surface area contributed by atoms with Crippen molar-refractivity contribution in [1.29, 1.82) is 0 Å². The molecule has 6 rings (SSSR count). The van der Waals surface area contributed by atoms with Gasteiger partial charge in [0.25, 0.3) is 0 Å². The van der Waals surface area contributed by atoms with E-state index in [1.165, 1.54) is 27.1 Å². The summed E-state index contributed by atoms with van der Waals surface area (Å²) < 4.78 is 15.2. The molecule has 0 aliphatic heterocycles. The van der Waals surface area contributed by atoms with Crippen LogP contribution in [0.1, 0.15) is 53.0 Å². The number of benzene rings is 4. The van der Waals surface area contributed by atoms with Gasteiger partial charge in [0, 0.05) is 23.9 Å². The molecule has 0 spiro atoms. The minimum atomic E-state index is -0.700. The van der Waals surface area contributed by atoms with Crippen molar-refractivity contribution >= 4 is 43.5 Å². The topological polar surface area (TPSA) is 26.0 Å². The second-order valence-corrected chi connectivity index (χ2v) is 10.5. The van der Waals surface area contributed by atoms with Gasteiger partial charge in [0.15, 0.2) is 0 Å². The number of nitrogens with zero attached hydrogens (tertiary/aromatic N) is 1. The van der Waals surface area contributed by atoms with Crippen LogP contribution in [-0.2, 0) is 5.41 Å². The Balaban J connectivity index is 1.72. The predicted molar refractivity (Wildman–Crippen MR) is 145 cm³/mol. The van der Waals surface area contributed by atoms with Crippen molar-refractivity contribution in [2.45, 2.75) is 45.9 Å². The van der Waals surface area contributed by atoms with Gasteiger partial charge in [0.2, 0.25) is 0 Å². The molecule has 2 heteroatoms. The van der Waals surface area contributed by atoms with Crippen molar-refractivity contribution < 1.29 is 5.79 Å². The molecule has 0 saturated heterocycles. The average Bonchev–Trinajstić information content (AvgIpc) is 3.19. The minimum absolute atomic E-state index is 0.0512. The van der Waals surface area contributed by atoms with E-state index in [9.17, 15) is 0 Å². The van der Waals surface area contributed by atoms with E-state index in [2.05, 4.69) is 86.4 Å². The highest BCUT2D eigenvalue weighted by atomic mass is 16.3. The molecule has 0 bridgehead atoms. The number of rotatable bonds is 2. The Kier molecular flexibility index (Phi) is 4.32. The zero-order valence-electron chi connectivity index (χ0n) is 21.4. The first kappa shape index (κ1) is 19.8. The highest BCUT2D eigenvalue weighted by molar-refractivity contribution is 6.18. The SMILES string of the molecule is [2H]C(C)(C)c1ccnc(-c2ccc(C(C)(C)C)c3c2oc2cc4c(ccc5ccccc54)cc23)c1. The molecule has 0 fully saturated rings. The van der Waals surface area contributed by atoms with Crippen LogP contribution in [0.2, 0.25) is 0 Å². The van der Waals surface area contributed by atoms with Crippen LogP contribution in [0.4, 0.5) is 0 Å². The molecule has 168 valence electrons. The Morgan fingerprint density at radius 2 is 1.62 bits per heavy atom. The van der Waals surface area contributed by atoms with Crippen molar-refractivity contribution in [2.75, 3.05) is 0 Å². The first-order valence-electron chi connectivity index (χ1n) is 12.4. The van der Waals surface area contributed by atoms with E-state index in [1.54, 1.807) is 6.20 Å². The molecule has 0 atom stereocenters. The van der Waals surface area contributed by atoms with Crippen molar-refractivity contribution in [3.05, 3.63) is 90.1 Å². The minimum Gasteiger partial charge on any atom is -0.455 e. The largest absolute Gasteiger partial charge is 0.455 e. The molecular weight excluding hydrogens is 414 g/mol. The van der Waals surface area contributed by atoms with Crippen molar-refractivity contribution in [3.63, 3.8) is 0 Å². The van der Waals surface area contributed by atoms with Crippen molar-refractivity contribution in [3.8, 4) is 11.3 Å². The summed E-state index contributed by atoms with van der Waals surface area (Å²) in [7, 11) is 0. The fourth-order valence-electron chi connectivity index (χ4n) is 5.10. The van der Waals surface area contributed by atoms with Crippen LogP contribution in [0.15, 0.2) is 83.4 Å². The zero-order chi connectivity index (χ0) is 24.5. The van der Waals surface area contributed by atoms with Gasteiger partial charge in [-0.2, -0.15) is 0 Å². The Hall–Kier alpha value is -3.65. The first-order valence-corrected chi connectivity index (χ1v) is 11.9. The van der Waals surface area contributed by atoms with Crippen LogP contribution in [0.5, 0.6) is 0 Å². The molecule has 0 saturated carbocycles. The monoisotopic (exact) mass is 444 g/mol. The Labute approximate surface area is 201 Å². The maximum atomic E-state index is 8.50. The molecule has 6 aromatic rings. The molecule has 2 nitrogen and oxygen atoms in total. The van der Waals surface area contributed by atoms with Gasteiger partial charge in [0.05, 0.1) is 5.69 Å². The predicted octanol–water partition coefficient (Wildman–Crippen LogP) is 9.38. The van der Waals surface area contributed by atoms with E-state index in [1.807, 2.05) is 26.0 Å². The summed E-state index contributed by atoms with van der Waals surface area (Å²) in [4.78, 5) is 4.69. The summed E-state index contributed by atoms with van der Waals surface area (Å²) in [6.45, 7) is 10.5. The van der Waals surface area contributed by atoms with Gasteiger partial charge in [-0.3, -0.25) is 4.98 Å². The summed E-state index contributed by atoms with van der Waals surface area (Å²) in [5.74, 6) is -0.700. The molecule has 0 amide bonds. The number of aromatic nitrogens is 1. The Bertz CT molecular complexity index is 1760. The van der Waals surface area contributed by atoms with Crippen LogP contribution in [0, 0.1) is 0 Å². The standard InChI is InChI=1S/C32H29NO/c1-19(2)21-14-15-33-28(17-21)24-12-13-27(32(3,4)5)30-26-16-22-11-10-20-8-6-7-9-23(20)25(22)18-29(26)34-31(24)30/h6-19H,1-5H3/i19D. The average molecular weight is 445 g/mol. The van der Waals surface area contributed by atoms with Gasteiger partial charge >= 0.3 is 0 Å². The summed E-state index contributed by atoms with van der Waals surface area (Å²) >= 11 is 0. The van der Waals surface area contributed by atoms with Crippen LogP contribution in [0.3, 0.4) is 0 Å². The highest BCUT2D eigenvalue weighted by Crippen LogP contribution is 2.43. The first-order chi connectivity index (χ1) is 16.6. The molecule has 2 aromatic heterocycles. The molecule has 0 aliphatic rings. The number of fused-ring (bicyclic) bond motifs is 6. The van der Waals surface area contributed by atoms with E-state index in [0.29, 0.717) is 0 Å². The molecule has 34 heavy (non-hydrogen) atoms. The van der Waals surface area contributed by atoms with Crippen LogP contribution in [0.25, 0.3) is 54.7 Å². The van der Waals surface area contributed by atoms with Gasteiger partial charge in [-0.25, -0.2) is 0 Å². The summed E-state index contributed by atoms with van der Waals surface area (Å²) in [6.07, 6.45) is 1.80. The van der Waals surface area contributed by atoms with Crippen molar-refractivity contribution in [2.24, 2.45) is 0 Å². The second kappa shape index (κ2) is 7.43. The third-order valence-electron chi connectivity index (χ3n) is 6.91. The van der Waals surface area contributed by atoms with Crippen LogP contribution < -0.4 is 0 Å². The molecule has 0 unspecified atom stereocenters. The fraction of sp³-hybridized carbons (Fsp3) is 0.219. The molecule has 0 radical (unpaired) electrons. The van der Waals surface area contributed by atoms with Gasteiger partial charge in [-0.1, -0.05) is 77.1 Å². The lowest BCUT2D eigenvalue weighted by Gasteiger charge is -2.21. The second-order valence-electron chi connectivity index (χ2n) is 10.5. The third kappa shape index (κ3) is 3.20. The molecule has 4 aromatic carbocycles.